The second-order valence-corrected chi connectivity index (χ2v) is 4.40. The molecule has 0 bridgehead atoms. The van der Waals surface area contributed by atoms with Crippen LogP contribution in [0.3, 0.4) is 0 Å². The molecule has 2 rings (SSSR count). The van der Waals surface area contributed by atoms with Crippen LogP contribution in [0, 0.1) is 11.6 Å². The lowest BCUT2D eigenvalue weighted by Crippen LogP contribution is -2.03. The van der Waals surface area contributed by atoms with E-state index < -0.39 is 0 Å². The third-order valence-electron chi connectivity index (χ3n) is 3.23. The molecule has 0 aliphatic carbocycles. The van der Waals surface area contributed by atoms with Gasteiger partial charge in [0.1, 0.15) is 17.4 Å². The van der Waals surface area contributed by atoms with E-state index in [1.807, 2.05) is 13.0 Å². The summed E-state index contributed by atoms with van der Waals surface area (Å²) in [5.41, 5.74) is 1.57. The molecule has 0 amide bonds. The van der Waals surface area contributed by atoms with Crippen LogP contribution in [-0.4, -0.2) is 7.11 Å². The van der Waals surface area contributed by atoms with Gasteiger partial charge in [0, 0.05) is 11.5 Å². The number of benzene rings is 2. The van der Waals surface area contributed by atoms with Gasteiger partial charge in [0.25, 0.3) is 0 Å². The van der Waals surface area contributed by atoms with Crippen LogP contribution < -0.4 is 4.74 Å². The number of hydrogen-bond acceptors (Lipinski definition) is 1. The predicted molar refractivity (Wildman–Crippen MR) is 71.5 cm³/mol. The summed E-state index contributed by atoms with van der Waals surface area (Å²) < 4.78 is 32.1. The molecule has 0 aliphatic heterocycles. The normalized spacial score (nSPS) is 12.2. The first-order chi connectivity index (χ1) is 9.15. The SMILES string of the molecule is CCC(c1cccc(F)c1)c1cc(F)ccc1OC. The molecule has 0 aliphatic rings. The van der Waals surface area contributed by atoms with E-state index in [1.54, 1.807) is 19.2 Å². The first-order valence-corrected chi connectivity index (χ1v) is 6.24. The standard InChI is InChI=1S/C16H16F2O/c1-3-14(11-5-4-6-12(17)9-11)15-10-13(18)7-8-16(15)19-2/h4-10,14H,3H2,1-2H3. The Balaban J connectivity index is 2.50. The van der Waals surface area contributed by atoms with Crippen LogP contribution >= 0.6 is 0 Å². The molecule has 0 spiro atoms. The van der Waals surface area contributed by atoms with Crippen molar-refractivity contribution in [1.82, 2.24) is 0 Å². The maximum absolute atomic E-state index is 13.4. The third-order valence-corrected chi connectivity index (χ3v) is 3.23. The van der Waals surface area contributed by atoms with E-state index in [1.165, 1.54) is 24.3 Å². The summed E-state index contributed by atoms with van der Waals surface area (Å²) in [5, 5.41) is 0. The van der Waals surface area contributed by atoms with E-state index in [9.17, 15) is 8.78 Å². The lowest BCUT2D eigenvalue weighted by atomic mass is 9.88. The fourth-order valence-electron chi connectivity index (χ4n) is 2.34. The van der Waals surface area contributed by atoms with Gasteiger partial charge in [-0.15, -0.1) is 0 Å². The van der Waals surface area contributed by atoms with Gasteiger partial charge in [0.2, 0.25) is 0 Å². The first-order valence-electron chi connectivity index (χ1n) is 6.24. The van der Waals surface area contributed by atoms with Gasteiger partial charge in [-0.2, -0.15) is 0 Å². The Labute approximate surface area is 111 Å². The molecule has 1 unspecified atom stereocenters. The minimum Gasteiger partial charge on any atom is -0.496 e. The maximum Gasteiger partial charge on any atom is 0.123 e. The van der Waals surface area contributed by atoms with Crippen molar-refractivity contribution in [3.05, 3.63) is 65.2 Å². The molecule has 0 N–H and O–H groups in total. The molecule has 0 fully saturated rings. The Morgan fingerprint density at radius 2 is 1.79 bits per heavy atom. The quantitative estimate of drug-likeness (QED) is 0.787. The minimum atomic E-state index is -0.314. The summed E-state index contributed by atoms with van der Waals surface area (Å²) in [5.74, 6) is -0.0594. The third kappa shape index (κ3) is 2.92. The second-order valence-electron chi connectivity index (χ2n) is 4.40. The van der Waals surface area contributed by atoms with Crippen LogP contribution in [0.5, 0.6) is 5.75 Å². The Kier molecular flexibility index (Phi) is 4.15. The topological polar surface area (TPSA) is 9.23 Å². The Hall–Kier alpha value is -1.90. The molecule has 0 aromatic heterocycles. The molecule has 0 heterocycles. The monoisotopic (exact) mass is 262 g/mol. The zero-order chi connectivity index (χ0) is 13.8. The number of rotatable bonds is 4. The average molecular weight is 262 g/mol. The second kappa shape index (κ2) is 5.83. The zero-order valence-electron chi connectivity index (χ0n) is 11.0. The maximum atomic E-state index is 13.4. The van der Waals surface area contributed by atoms with E-state index in [2.05, 4.69) is 0 Å². The van der Waals surface area contributed by atoms with Gasteiger partial charge in [-0.1, -0.05) is 19.1 Å². The van der Waals surface area contributed by atoms with Crippen LogP contribution in [0.2, 0.25) is 0 Å². The largest absolute Gasteiger partial charge is 0.496 e. The highest BCUT2D eigenvalue weighted by molar-refractivity contribution is 5.42. The van der Waals surface area contributed by atoms with Crippen molar-refractivity contribution in [3.63, 3.8) is 0 Å². The molecule has 100 valence electrons. The number of methoxy groups -OCH3 is 1. The molecule has 3 heteroatoms. The molecule has 2 aromatic rings. The molecule has 19 heavy (non-hydrogen) atoms. The molecule has 0 radical (unpaired) electrons. The number of ether oxygens (including phenoxy) is 1. The van der Waals surface area contributed by atoms with Gasteiger partial charge in [0.05, 0.1) is 7.11 Å². The van der Waals surface area contributed by atoms with Crippen molar-refractivity contribution in [2.45, 2.75) is 19.3 Å². The van der Waals surface area contributed by atoms with E-state index in [4.69, 9.17) is 4.74 Å². The smallest absolute Gasteiger partial charge is 0.123 e. The average Bonchev–Trinajstić information content (AvgIpc) is 2.40. The molecule has 0 saturated carbocycles. The summed E-state index contributed by atoms with van der Waals surface area (Å²) in [7, 11) is 1.55. The van der Waals surface area contributed by atoms with Crippen LogP contribution in [0.4, 0.5) is 8.78 Å². The highest BCUT2D eigenvalue weighted by atomic mass is 19.1. The van der Waals surface area contributed by atoms with Gasteiger partial charge < -0.3 is 4.74 Å². The molecule has 0 saturated heterocycles. The molecular formula is C16H16F2O. The molecular weight excluding hydrogens is 246 g/mol. The highest BCUT2D eigenvalue weighted by Gasteiger charge is 2.17. The number of halogens is 2. The summed E-state index contributed by atoms with van der Waals surface area (Å²) in [6.45, 7) is 1.99. The van der Waals surface area contributed by atoms with Crippen molar-refractivity contribution in [1.29, 1.82) is 0 Å². The Bertz CT molecular complexity index is 566. The summed E-state index contributed by atoms with van der Waals surface area (Å²) >= 11 is 0. The lowest BCUT2D eigenvalue weighted by Gasteiger charge is -2.19. The van der Waals surface area contributed by atoms with E-state index >= 15 is 0 Å². The molecule has 1 atom stereocenters. The zero-order valence-corrected chi connectivity index (χ0v) is 11.0. The van der Waals surface area contributed by atoms with E-state index in [0.29, 0.717) is 5.75 Å². The van der Waals surface area contributed by atoms with Gasteiger partial charge in [0.15, 0.2) is 0 Å². The van der Waals surface area contributed by atoms with E-state index in [0.717, 1.165) is 17.5 Å². The highest BCUT2D eigenvalue weighted by Crippen LogP contribution is 2.34. The minimum absolute atomic E-state index is 0.0821. The molecule has 2 aromatic carbocycles. The first kappa shape index (κ1) is 13.5. The van der Waals surface area contributed by atoms with Crippen molar-refractivity contribution in [2.24, 2.45) is 0 Å². The predicted octanol–water partition coefficient (Wildman–Crippen LogP) is 4.52. The van der Waals surface area contributed by atoms with E-state index in [-0.39, 0.29) is 17.6 Å². The van der Waals surface area contributed by atoms with Crippen molar-refractivity contribution in [2.75, 3.05) is 7.11 Å². The van der Waals surface area contributed by atoms with Gasteiger partial charge in [-0.3, -0.25) is 0 Å². The van der Waals surface area contributed by atoms with Crippen LogP contribution in [-0.2, 0) is 0 Å². The Morgan fingerprint density at radius 1 is 1.05 bits per heavy atom. The van der Waals surface area contributed by atoms with Crippen LogP contribution in [0.1, 0.15) is 30.4 Å². The van der Waals surface area contributed by atoms with Crippen molar-refractivity contribution in [3.8, 4) is 5.75 Å². The Morgan fingerprint density at radius 3 is 2.42 bits per heavy atom. The van der Waals surface area contributed by atoms with Crippen molar-refractivity contribution < 1.29 is 13.5 Å². The van der Waals surface area contributed by atoms with Crippen LogP contribution in [0.25, 0.3) is 0 Å². The molecule has 1 nitrogen and oxygen atoms in total. The van der Waals surface area contributed by atoms with Gasteiger partial charge in [-0.05, 0) is 42.3 Å². The van der Waals surface area contributed by atoms with Gasteiger partial charge in [-0.25, -0.2) is 8.78 Å². The summed E-state index contributed by atoms with van der Waals surface area (Å²) in [6, 6.07) is 10.8. The van der Waals surface area contributed by atoms with Crippen molar-refractivity contribution >= 4 is 0 Å². The number of hydrogen-bond donors (Lipinski definition) is 0. The fraction of sp³-hybridized carbons (Fsp3) is 0.250. The lowest BCUT2D eigenvalue weighted by molar-refractivity contribution is 0.405. The summed E-state index contributed by atoms with van der Waals surface area (Å²) in [6.07, 6.45) is 0.739. The van der Waals surface area contributed by atoms with Gasteiger partial charge >= 0.3 is 0 Å². The summed E-state index contributed by atoms with van der Waals surface area (Å²) in [4.78, 5) is 0. The fourth-order valence-corrected chi connectivity index (χ4v) is 2.34. The van der Waals surface area contributed by atoms with Crippen LogP contribution in [0.15, 0.2) is 42.5 Å².